The van der Waals surface area contributed by atoms with Crippen LogP contribution in [-0.4, -0.2) is 32.8 Å². The average molecular weight is 338 g/mol. The minimum atomic E-state index is -0.556. The summed E-state index contributed by atoms with van der Waals surface area (Å²) in [6.07, 6.45) is 5.22. The lowest BCUT2D eigenvalue weighted by Gasteiger charge is -2.11. The molecule has 1 aromatic carbocycles. The van der Waals surface area contributed by atoms with E-state index in [2.05, 4.69) is 20.4 Å². The van der Waals surface area contributed by atoms with Crippen molar-refractivity contribution in [3.05, 3.63) is 47.9 Å². The van der Waals surface area contributed by atoms with E-state index in [-0.39, 0.29) is 0 Å². The Kier molecular flexibility index (Phi) is 4.34. The molecule has 8 heteroatoms. The minimum Gasteiger partial charge on any atom is -0.496 e. The maximum Gasteiger partial charge on any atom is 0.252 e. The predicted octanol–water partition coefficient (Wildman–Crippen LogP) is 2.04. The van der Waals surface area contributed by atoms with Gasteiger partial charge in [0.25, 0.3) is 5.91 Å². The number of nitrogens with two attached hydrogens (primary N) is 1. The Morgan fingerprint density at radius 3 is 2.76 bits per heavy atom. The van der Waals surface area contributed by atoms with Gasteiger partial charge in [0, 0.05) is 25.0 Å². The van der Waals surface area contributed by atoms with Gasteiger partial charge in [-0.25, -0.2) is 9.97 Å². The highest BCUT2D eigenvalue weighted by Crippen LogP contribution is 2.28. The molecule has 25 heavy (non-hydrogen) atoms. The molecular weight excluding hydrogens is 320 g/mol. The fourth-order valence-electron chi connectivity index (χ4n) is 2.46. The number of hydrogen-bond acceptors (Lipinski definition) is 6. The number of nitrogens with zero attached hydrogens (tertiary/aromatic N) is 4. The molecular formula is C17H18N6O2. The van der Waals surface area contributed by atoms with Gasteiger partial charge in [-0.05, 0) is 30.7 Å². The lowest BCUT2D eigenvalue weighted by Crippen LogP contribution is -2.12. The number of primary amides is 1. The van der Waals surface area contributed by atoms with Crippen LogP contribution in [-0.2, 0) is 7.05 Å². The molecule has 0 aliphatic rings. The van der Waals surface area contributed by atoms with Crippen LogP contribution < -0.4 is 15.8 Å². The summed E-state index contributed by atoms with van der Waals surface area (Å²) in [7, 11) is 3.32. The number of nitrogens with one attached hydrogen (secondary N) is 1. The van der Waals surface area contributed by atoms with Crippen molar-refractivity contribution in [1.82, 2.24) is 19.7 Å². The van der Waals surface area contributed by atoms with Crippen molar-refractivity contribution in [3.63, 3.8) is 0 Å². The van der Waals surface area contributed by atoms with Gasteiger partial charge in [-0.15, -0.1) is 0 Å². The maximum atomic E-state index is 11.6. The first-order valence-corrected chi connectivity index (χ1v) is 7.55. The van der Waals surface area contributed by atoms with Crippen molar-refractivity contribution in [3.8, 4) is 17.0 Å². The van der Waals surface area contributed by atoms with Crippen molar-refractivity contribution >= 4 is 17.5 Å². The lowest BCUT2D eigenvalue weighted by atomic mass is 10.0. The third kappa shape index (κ3) is 3.42. The first-order valence-electron chi connectivity index (χ1n) is 7.55. The number of ether oxygens (including phenoxy) is 1. The van der Waals surface area contributed by atoms with Crippen LogP contribution in [0.15, 0.2) is 36.8 Å². The summed E-state index contributed by atoms with van der Waals surface area (Å²) in [5.41, 5.74) is 8.85. The molecule has 0 aliphatic heterocycles. The first kappa shape index (κ1) is 16.4. The van der Waals surface area contributed by atoms with Crippen LogP contribution in [0.3, 0.4) is 0 Å². The second-order valence-electron chi connectivity index (χ2n) is 5.53. The number of aromatic nitrogens is 4. The van der Waals surface area contributed by atoms with E-state index in [1.165, 1.54) is 7.11 Å². The number of anilines is 2. The number of benzene rings is 1. The molecule has 0 atom stereocenters. The normalized spacial score (nSPS) is 10.5. The van der Waals surface area contributed by atoms with Crippen LogP contribution in [0.5, 0.6) is 5.75 Å². The van der Waals surface area contributed by atoms with E-state index < -0.39 is 5.91 Å². The van der Waals surface area contributed by atoms with Gasteiger partial charge in [0.2, 0.25) is 5.95 Å². The number of carbonyl (C=O) groups is 1. The van der Waals surface area contributed by atoms with Crippen LogP contribution in [0.2, 0.25) is 0 Å². The largest absolute Gasteiger partial charge is 0.496 e. The zero-order chi connectivity index (χ0) is 18.0. The summed E-state index contributed by atoms with van der Waals surface area (Å²) < 4.78 is 6.86. The molecule has 0 fully saturated rings. The van der Waals surface area contributed by atoms with Gasteiger partial charge in [0.1, 0.15) is 5.75 Å². The second-order valence-corrected chi connectivity index (χ2v) is 5.53. The number of methoxy groups -OCH3 is 1. The minimum absolute atomic E-state index is 0.305. The number of carbonyl (C=O) groups excluding carboxylic acids is 1. The Bertz CT molecular complexity index is 935. The van der Waals surface area contributed by atoms with Crippen molar-refractivity contribution in [1.29, 1.82) is 0 Å². The van der Waals surface area contributed by atoms with Gasteiger partial charge in [0.05, 0.1) is 30.3 Å². The number of rotatable bonds is 5. The molecule has 0 bridgehead atoms. The van der Waals surface area contributed by atoms with Crippen molar-refractivity contribution in [2.75, 3.05) is 12.4 Å². The van der Waals surface area contributed by atoms with E-state index in [0.29, 0.717) is 23.0 Å². The molecule has 0 aliphatic carbocycles. The van der Waals surface area contributed by atoms with Gasteiger partial charge < -0.3 is 15.8 Å². The van der Waals surface area contributed by atoms with Crippen LogP contribution in [0.1, 0.15) is 15.9 Å². The summed E-state index contributed by atoms with van der Waals surface area (Å²) in [5, 5.41) is 7.19. The van der Waals surface area contributed by atoms with Crippen LogP contribution in [0, 0.1) is 6.92 Å². The molecule has 3 aromatic rings. The summed E-state index contributed by atoms with van der Waals surface area (Å²) >= 11 is 0. The van der Waals surface area contributed by atoms with E-state index in [4.69, 9.17) is 10.5 Å². The number of aryl methyl sites for hydroxylation is 2. The first-order chi connectivity index (χ1) is 12.0. The van der Waals surface area contributed by atoms with Crippen molar-refractivity contribution in [2.24, 2.45) is 12.8 Å². The smallest absolute Gasteiger partial charge is 0.252 e. The van der Waals surface area contributed by atoms with Gasteiger partial charge in [-0.3, -0.25) is 9.48 Å². The Morgan fingerprint density at radius 2 is 2.12 bits per heavy atom. The summed E-state index contributed by atoms with van der Waals surface area (Å²) in [6, 6.07) is 5.20. The Labute approximate surface area is 144 Å². The molecule has 0 saturated carbocycles. The van der Waals surface area contributed by atoms with Crippen LogP contribution >= 0.6 is 0 Å². The van der Waals surface area contributed by atoms with Crippen molar-refractivity contribution < 1.29 is 9.53 Å². The summed E-state index contributed by atoms with van der Waals surface area (Å²) in [4.78, 5) is 20.5. The highest BCUT2D eigenvalue weighted by Gasteiger charge is 2.14. The van der Waals surface area contributed by atoms with E-state index in [1.807, 2.05) is 26.2 Å². The molecule has 1 amide bonds. The van der Waals surface area contributed by atoms with Gasteiger partial charge in [0.15, 0.2) is 0 Å². The SMILES string of the molecule is COc1ccc(-c2nc(Nc3cnn(C)c3)ncc2C)cc1C(N)=O. The van der Waals surface area contributed by atoms with E-state index in [9.17, 15) is 4.79 Å². The third-order valence-electron chi connectivity index (χ3n) is 3.67. The monoisotopic (exact) mass is 338 g/mol. The van der Waals surface area contributed by atoms with Gasteiger partial charge in [-0.2, -0.15) is 5.10 Å². The molecule has 0 saturated heterocycles. The van der Waals surface area contributed by atoms with E-state index in [0.717, 1.165) is 16.8 Å². The zero-order valence-corrected chi connectivity index (χ0v) is 14.1. The summed E-state index contributed by atoms with van der Waals surface area (Å²) in [6.45, 7) is 1.90. The number of hydrogen-bond donors (Lipinski definition) is 2. The molecule has 0 radical (unpaired) electrons. The second kappa shape index (κ2) is 6.60. The van der Waals surface area contributed by atoms with Crippen LogP contribution in [0.25, 0.3) is 11.3 Å². The van der Waals surface area contributed by atoms with Crippen molar-refractivity contribution in [2.45, 2.75) is 6.92 Å². The standard InChI is InChI=1S/C17H18N6O2/c1-10-7-19-17(21-12-8-20-23(2)9-12)22-15(10)11-4-5-14(25-3)13(6-11)16(18)24/h4-9H,1-3H3,(H2,18,24)(H,19,21,22). The molecule has 128 valence electrons. The fourth-order valence-corrected chi connectivity index (χ4v) is 2.46. The van der Waals surface area contributed by atoms with Gasteiger partial charge in [-0.1, -0.05) is 0 Å². The van der Waals surface area contributed by atoms with E-state index in [1.54, 1.807) is 29.2 Å². The molecule has 2 aromatic heterocycles. The fraction of sp³-hybridized carbons (Fsp3) is 0.176. The molecule has 0 unspecified atom stereocenters. The topological polar surface area (TPSA) is 108 Å². The molecule has 3 N–H and O–H groups in total. The van der Waals surface area contributed by atoms with Crippen LogP contribution in [0.4, 0.5) is 11.6 Å². The Hall–Kier alpha value is -3.42. The number of amides is 1. The van der Waals surface area contributed by atoms with E-state index >= 15 is 0 Å². The highest BCUT2D eigenvalue weighted by atomic mass is 16.5. The molecule has 3 rings (SSSR count). The third-order valence-corrected chi connectivity index (χ3v) is 3.67. The Balaban J connectivity index is 2.00. The predicted molar refractivity (Wildman–Crippen MR) is 93.8 cm³/mol. The zero-order valence-electron chi connectivity index (χ0n) is 14.1. The molecule has 0 spiro atoms. The summed E-state index contributed by atoms with van der Waals surface area (Å²) in [5.74, 6) is 0.306. The highest BCUT2D eigenvalue weighted by molar-refractivity contribution is 5.97. The molecule has 8 nitrogen and oxygen atoms in total. The quantitative estimate of drug-likeness (QED) is 0.737. The average Bonchev–Trinajstić information content (AvgIpc) is 3.01. The van der Waals surface area contributed by atoms with Gasteiger partial charge >= 0.3 is 0 Å². The maximum absolute atomic E-state index is 11.6. The Morgan fingerprint density at radius 1 is 1.32 bits per heavy atom. The molecule has 2 heterocycles. The lowest BCUT2D eigenvalue weighted by molar-refractivity contribution is 0.0997.